The molecule has 108 valence electrons. The van der Waals surface area contributed by atoms with Gasteiger partial charge < -0.3 is 9.80 Å². The van der Waals surface area contributed by atoms with Gasteiger partial charge in [-0.3, -0.25) is 9.97 Å². The fraction of sp³-hybridized carbons (Fsp3) is 0.412. The van der Waals surface area contributed by atoms with E-state index in [-0.39, 0.29) is 5.41 Å². The van der Waals surface area contributed by atoms with Crippen LogP contribution in [0, 0.1) is 0 Å². The van der Waals surface area contributed by atoms with Crippen LogP contribution in [0.1, 0.15) is 17.7 Å². The zero-order valence-electron chi connectivity index (χ0n) is 12.4. The highest BCUT2D eigenvalue weighted by Gasteiger charge is 2.47. The second kappa shape index (κ2) is 4.81. The number of pyridine rings is 2. The van der Waals surface area contributed by atoms with Gasteiger partial charge >= 0.3 is 0 Å². The maximum atomic E-state index is 4.74. The second-order valence-electron chi connectivity index (χ2n) is 6.36. The molecule has 4 heteroatoms. The van der Waals surface area contributed by atoms with Gasteiger partial charge in [0.1, 0.15) is 0 Å². The standard InChI is InChI=1S/C17H20N4/c1-20-9-6-17(12-20)13-21(11-14-4-2-7-18-10-14)15-5-3-8-19-16(15)17/h2-5,7-8,10H,6,9,11-13H2,1H3. The average molecular weight is 280 g/mol. The average Bonchev–Trinajstić information content (AvgIpc) is 3.03. The van der Waals surface area contributed by atoms with Crippen LogP contribution in [-0.2, 0) is 12.0 Å². The molecule has 0 aliphatic carbocycles. The Labute approximate surface area is 125 Å². The van der Waals surface area contributed by atoms with Crippen LogP contribution in [0.4, 0.5) is 5.69 Å². The molecule has 0 aromatic carbocycles. The molecule has 1 saturated heterocycles. The van der Waals surface area contributed by atoms with Gasteiger partial charge in [0.2, 0.25) is 0 Å². The van der Waals surface area contributed by atoms with Crippen molar-refractivity contribution in [2.45, 2.75) is 18.4 Å². The summed E-state index contributed by atoms with van der Waals surface area (Å²) < 4.78 is 0. The molecule has 4 nitrogen and oxygen atoms in total. The molecule has 0 saturated carbocycles. The van der Waals surface area contributed by atoms with Crippen molar-refractivity contribution in [1.29, 1.82) is 0 Å². The van der Waals surface area contributed by atoms with Gasteiger partial charge in [-0.25, -0.2) is 0 Å². The van der Waals surface area contributed by atoms with Crippen LogP contribution in [-0.4, -0.2) is 41.5 Å². The molecule has 21 heavy (non-hydrogen) atoms. The summed E-state index contributed by atoms with van der Waals surface area (Å²) in [5.74, 6) is 0. The van der Waals surface area contributed by atoms with Crippen LogP contribution in [0.5, 0.6) is 0 Å². The SMILES string of the molecule is CN1CCC2(C1)CN(Cc1cccnc1)c1cccnc12. The third kappa shape index (κ3) is 2.10. The Bertz CT molecular complexity index is 642. The van der Waals surface area contributed by atoms with E-state index in [1.807, 2.05) is 30.7 Å². The number of fused-ring (bicyclic) bond motifs is 2. The zero-order chi connectivity index (χ0) is 14.3. The summed E-state index contributed by atoms with van der Waals surface area (Å²) >= 11 is 0. The maximum Gasteiger partial charge on any atom is 0.0729 e. The zero-order valence-corrected chi connectivity index (χ0v) is 12.4. The summed E-state index contributed by atoms with van der Waals surface area (Å²) in [4.78, 5) is 13.9. The molecule has 0 radical (unpaired) electrons. The second-order valence-corrected chi connectivity index (χ2v) is 6.36. The van der Waals surface area contributed by atoms with Gasteiger partial charge in [-0.2, -0.15) is 0 Å². The Morgan fingerprint density at radius 2 is 2.10 bits per heavy atom. The van der Waals surface area contributed by atoms with E-state index in [0.717, 1.165) is 26.2 Å². The number of likely N-dealkylation sites (N-methyl/N-ethyl adjacent to an activating group) is 1. The van der Waals surface area contributed by atoms with E-state index in [9.17, 15) is 0 Å². The molecule has 1 unspecified atom stereocenters. The first-order valence-electron chi connectivity index (χ1n) is 7.55. The third-order valence-corrected chi connectivity index (χ3v) is 4.76. The Morgan fingerprint density at radius 3 is 2.86 bits per heavy atom. The van der Waals surface area contributed by atoms with Crippen LogP contribution in [0.15, 0.2) is 42.9 Å². The van der Waals surface area contributed by atoms with E-state index >= 15 is 0 Å². The van der Waals surface area contributed by atoms with Gasteiger partial charge in [0.25, 0.3) is 0 Å². The summed E-state index contributed by atoms with van der Waals surface area (Å²) in [7, 11) is 2.21. The molecule has 4 rings (SSSR count). The molecule has 1 spiro atoms. The largest absolute Gasteiger partial charge is 0.365 e. The Morgan fingerprint density at radius 1 is 1.19 bits per heavy atom. The summed E-state index contributed by atoms with van der Waals surface area (Å²) in [5.41, 5.74) is 4.07. The van der Waals surface area contributed by atoms with Crippen LogP contribution in [0.3, 0.4) is 0 Å². The topological polar surface area (TPSA) is 32.3 Å². The number of aromatic nitrogens is 2. The third-order valence-electron chi connectivity index (χ3n) is 4.76. The Hall–Kier alpha value is -1.94. The highest BCUT2D eigenvalue weighted by Crippen LogP contribution is 2.45. The minimum absolute atomic E-state index is 0.216. The normalized spacial score (nSPS) is 24.7. The van der Waals surface area contributed by atoms with E-state index in [1.54, 1.807) is 0 Å². The van der Waals surface area contributed by atoms with Crippen molar-refractivity contribution in [1.82, 2.24) is 14.9 Å². The van der Waals surface area contributed by atoms with Crippen molar-refractivity contribution in [3.05, 3.63) is 54.1 Å². The molecule has 0 N–H and O–H groups in total. The quantitative estimate of drug-likeness (QED) is 0.843. The van der Waals surface area contributed by atoms with Gasteiger partial charge in [-0.1, -0.05) is 6.07 Å². The lowest BCUT2D eigenvalue weighted by atomic mass is 9.85. The van der Waals surface area contributed by atoms with Gasteiger partial charge in [0.15, 0.2) is 0 Å². The highest BCUT2D eigenvalue weighted by atomic mass is 15.2. The first kappa shape index (κ1) is 12.8. The number of anilines is 1. The summed E-state index contributed by atoms with van der Waals surface area (Å²) in [6.07, 6.45) is 6.93. The van der Waals surface area contributed by atoms with Crippen molar-refractivity contribution < 1.29 is 0 Å². The van der Waals surface area contributed by atoms with Crippen LogP contribution < -0.4 is 4.90 Å². The molecular weight excluding hydrogens is 260 g/mol. The van der Waals surface area contributed by atoms with Crippen LogP contribution >= 0.6 is 0 Å². The number of rotatable bonds is 2. The van der Waals surface area contributed by atoms with Crippen LogP contribution in [0.2, 0.25) is 0 Å². The Balaban J connectivity index is 1.68. The fourth-order valence-corrected chi connectivity index (χ4v) is 3.84. The van der Waals surface area contributed by atoms with Crippen molar-refractivity contribution >= 4 is 5.69 Å². The molecule has 2 aromatic rings. The summed E-state index contributed by atoms with van der Waals surface area (Å²) in [6.45, 7) is 4.26. The number of nitrogens with zero attached hydrogens (tertiary/aromatic N) is 4. The highest BCUT2D eigenvalue weighted by molar-refractivity contribution is 5.60. The molecule has 0 bridgehead atoms. The van der Waals surface area contributed by atoms with Crippen molar-refractivity contribution in [3.63, 3.8) is 0 Å². The molecule has 2 aliphatic rings. The lowest BCUT2D eigenvalue weighted by Crippen LogP contribution is -2.36. The molecule has 2 aliphatic heterocycles. The van der Waals surface area contributed by atoms with Gasteiger partial charge in [-0.05, 0) is 43.8 Å². The van der Waals surface area contributed by atoms with Crippen molar-refractivity contribution in [2.75, 3.05) is 31.6 Å². The number of hydrogen-bond donors (Lipinski definition) is 0. The van der Waals surface area contributed by atoms with Gasteiger partial charge in [0.05, 0.1) is 11.4 Å². The van der Waals surface area contributed by atoms with Crippen LogP contribution in [0.25, 0.3) is 0 Å². The Kier molecular flexibility index (Phi) is 2.93. The molecule has 1 fully saturated rings. The molecule has 2 aromatic heterocycles. The molecular formula is C17H20N4. The molecule has 1 atom stereocenters. The molecule has 0 amide bonds. The predicted octanol–water partition coefficient (Wildman–Crippen LogP) is 2.07. The van der Waals surface area contributed by atoms with E-state index in [2.05, 4.69) is 34.0 Å². The minimum atomic E-state index is 0.216. The first-order valence-corrected chi connectivity index (χ1v) is 7.55. The monoisotopic (exact) mass is 280 g/mol. The number of hydrogen-bond acceptors (Lipinski definition) is 4. The van der Waals surface area contributed by atoms with Gasteiger partial charge in [-0.15, -0.1) is 0 Å². The fourth-order valence-electron chi connectivity index (χ4n) is 3.84. The van der Waals surface area contributed by atoms with E-state index in [1.165, 1.54) is 23.4 Å². The predicted molar refractivity (Wildman–Crippen MR) is 83.3 cm³/mol. The molecule has 4 heterocycles. The van der Waals surface area contributed by atoms with Crippen molar-refractivity contribution in [2.24, 2.45) is 0 Å². The van der Waals surface area contributed by atoms with Gasteiger partial charge in [0, 0.05) is 43.6 Å². The first-order chi connectivity index (χ1) is 10.3. The summed E-state index contributed by atoms with van der Waals surface area (Å²) in [6, 6.07) is 8.42. The van der Waals surface area contributed by atoms with E-state index in [0.29, 0.717) is 0 Å². The van der Waals surface area contributed by atoms with Crippen molar-refractivity contribution in [3.8, 4) is 0 Å². The lowest BCUT2D eigenvalue weighted by Gasteiger charge is -2.25. The lowest BCUT2D eigenvalue weighted by molar-refractivity contribution is 0.373. The van der Waals surface area contributed by atoms with E-state index < -0.39 is 0 Å². The number of likely N-dealkylation sites (tertiary alicyclic amines) is 1. The minimum Gasteiger partial charge on any atom is -0.365 e. The smallest absolute Gasteiger partial charge is 0.0729 e. The maximum absolute atomic E-state index is 4.74. The summed E-state index contributed by atoms with van der Waals surface area (Å²) in [5, 5.41) is 0. The van der Waals surface area contributed by atoms with E-state index in [4.69, 9.17) is 4.98 Å².